The van der Waals surface area contributed by atoms with E-state index in [1.54, 1.807) is 7.11 Å². The zero-order valence-corrected chi connectivity index (χ0v) is 14.0. The Balaban J connectivity index is 1.71. The lowest BCUT2D eigenvalue weighted by Crippen LogP contribution is -2.13. The summed E-state index contributed by atoms with van der Waals surface area (Å²) in [5.74, 6) is 1.79. The van der Waals surface area contributed by atoms with Gasteiger partial charge in [-0.2, -0.15) is 0 Å². The molecule has 0 aliphatic heterocycles. The van der Waals surface area contributed by atoms with Gasteiger partial charge in [-0.1, -0.05) is 19.4 Å². The maximum absolute atomic E-state index is 5.72. The Bertz CT molecular complexity index is 570. The number of nitrogens with one attached hydrogen (secondary N) is 2. The van der Waals surface area contributed by atoms with Crippen LogP contribution in [0.15, 0.2) is 48.5 Å². The van der Waals surface area contributed by atoms with Crippen molar-refractivity contribution in [1.29, 1.82) is 0 Å². The van der Waals surface area contributed by atoms with E-state index < -0.39 is 0 Å². The van der Waals surface area contributed by atoms with E-state index in [1.807, 2.05) is 42.5 Å². The molecule has 2 rings (SSSR count). The average Bonchev–Trinajstić information content (AvgIpc) is 2.60. The molecule has 0 saturated heterocycles. The fourth-order valence-corrected chi connectivity index (χ4v) is 2.15. The number of ether oxygens (including phenoxy) is 2. The van der Waals surface area contributed by atoms with Gasteiger partial charge in [0.25, 0.3) is 0 Å². The van der Waals surface area contributed by atoms with Crippen LogP contribution in [0.4, 0.5) is 11.4 Å². The highest BCUT2D eigenvalue weighted by Crippen LogP contribution is 2.18. The lowest BCUT2D eigenvalue weighted by atomic mass is 10.3. The first-order chi connectivity index (χ1) is 11.3. The molecule has 0 aromatic heterocycles. The van der Waals surface area contributed by atoms with Gasteiger partial charge in [0.2, 0.25) is 0 Å². The van der Waals surface area contributed by atoms with Gasteiger partial charge in [-0.25, -0.2) is 0 Å². The Morgan fingerprint density at radius 3 is 2.30 bits per heavy atom. The largest absolute Gasteiger partial charge is 0.497 e. The maximum Gasteiger partial charge on any atom is 0.121 e. The molecule has 0 aliphatic rings. The van der Waals surface area contributed by atoms with Crippen LogP contribution in [0.5, 0.6) is 11.5 Å². The van der Waals surface area contributed by atoms with Crippen molar-refractivity contribution in [3.05, 3.63) is 48.5 Å². The van der Waals surface area contributed by atoms with E-state index in [0.29, 0.717) is 0 Å². The highest BCUT2D eigenvalue weighted by Gasteiger charge is 1.97. The molecule has 0 saturated carbocycles. The molecule has 0 bridgehead atoms. The zero-order valence-electron chi connectivity index (χ0n) is 14.0. The van der Waals surface area contributed by atoms with E-state index >= 15 is 0 Å². The summed E-state index contributed by atoms with van der Waals surface area (Å²) in [6, 6.07) is 16.0. The lowest BCUT2D eigenvalue weighted by Gasteiger charge is -2.11. The van der Waals surface area contributed by atoms with E-state index in [9.17, 15) is 0 Å². The zero-order chi connectivity index (χ0) is 16.3. The minimum atomic E-state index is 0.777. The number of anilines is 2. The Morgan fingerprint density at radius 1 is 0.870 bits per heavy atom. The molecule has 2 N–H and O–H groups in total. The molecule has 4 heteroatoms. The molecule has 2 aromatic carbocycles. The van der Waals surface area contributed by atoms with Gasteiger partial charge in [0, 0.05) is 30.5 Å². The molecule has 0 radical (unpaired) electrons. The molecule has 0 aliphatic carbocycles. The summed E-state index contributed by atoms with van der Waals surface area (Å²) in [6.45, 7) is 4.62. The number of hydrogen-bond donors (Lipinski definition) is 2. The second kappa shape index (κ2) is 9.62. The van der Waals surface area contributed by atoms with Crippen molar-refractivity contribution in [2.24, 2.45) is 0 Å². The van der Waals surface area contributed by atoms with E-state index in [1.165, 1.54) is 0 Å². The summed E-state index contributed by atoms with van der Waals surface area (Å²) in [5.41, 5.74) is 2.17. The molecule has 4 nitrogen and oxygen atoms in total. The summed E-state index contributed by atoms with van der Waals surface area (Å²) in [6.07, 6.45) is 2.23. The van der Waals surface area contributed by atoms with Gasteiger partial charge in [-0.15, -0.1) is 0 Å². The van der Waals surface area contributed by atoms with Crippen LogP contribution < -0.4 is 20.1 Å². The number of rotatable bonds is 10. The second-order valence-electron chi connectivity index (χ2n) is 5.31. The third-order valence-corrected chi connectivity index (χ3v) is 3.47. The van der Waals surface area contributed by atoms with Crippen LogP contribution in [0.1, 0.15) is 19.8 Å². The first-order valence-electron chi connectivity index (χ1n) is 8.16. The lowest BCUT2D eigenvalue weighted by molar-refractivity contribution is 0.309. The molecule has 2 aromatic rings. The quantitative estimate of drug-likeness (QED) is 0.638. The first kappa shape index (κ1) is 17.0. The van der Waals surface area contributed by atoms with Crippen molar-refractivity contribution < 1.29 is 9.47 Å². The SMILES string of the molecule is CCCCOc1cccc(NCCNc2ccc(OC)cc2)c1. The monoisotopic (exact) mass is 314 g/mol. The molecule has 0 spiro atoms. The Kier molecular flexibility index (Phi) is 7.11. The Morgan fingerprint density at radius 2 is 1.61 bits per heavy atom. The fourth-order valence-electron chi connectivity index (χ4n) is 2.15. The Hall–Kier alpha value is -2.36. The Labute approximate surface area is 138 Å². The third kappa shape index (κ3) is 6.10. The van der Waals surface area contributed by atoms with Gasteiger partial charge in [-0.3, -0.25) is 0 Å². The van der Waals surface area contributed by atoms with Gasteiger partial charge < -0.3 is 20.1 Å². The maximum atomic E-state index is 5.72. The summed E-state index contributed by atoms with van der Waals surface area (Å²) in [4.78, 5) is 0. The molecule has 0 fully saturated rings. The predicted octanol–water partition coefficient (Wildman–Crippen LogP) is 4.40. The van der Waals surface area contributed by atoms with Crippen molar-refractivity contribution in [2.75, 3.05) is 37.4 Å². The van der Waals surface area contributed by atoms with E-state index in [4.69, 9.17) is 9.47 Å². The van der Waals surface area contributed by atoms with Gasteiger partial charge >= 0.3 is 0 Å². The van der Waals surface area contributed by atoms with Crippen molar-refractivity contribution >= 4 is 11.4 Å². The summed E-state index contributed by atoms with van der Waals surface area (Å²) in [7, 11) is 1.67. The normalized spacial score (nSPS) is 10.2. The summed E-state index contributed by atoms with van der Waals surface area (Å²) < 4.78 is 10.9. The third-order valence-electron chi connectivity index (χ3n) is 3.47. The molecule has 0 amide bonds. The van der Waals surface area contributed by atoms with Gasteiger partial charge in [0.1, 0.15) is 11.5 Å². The number of methoxy groups -OCH3 is 1. The summed E-state index contributed by atoms with van der Waals surface area (Å²) >= 11 is 0. The average molecular weight is 314 g/mol. The van der Waals surface area contributed by atoms with Crippen LogP contribution in [0.2, 0.25) is 0 Å². The van der Waals surface area contributed by atoms with Crippen LogP contribution in [0.3, 0.4) is 0 Å². The molecule has 23 heavy (non-hydrogen) atoms. The van der Waals surface area contributed by atoms with Crippen molar-refractivity contribution in [2.45, 2.75) is 19.8 Å². The van der Waals surface area contributed by atoms with Crippen molar-refractivity contribution in [1.82, 2.24) is 0 Å². The number of hydrogen-bond acceptors (Lipinski definition) is 4. The topological polar surface area (TPSA) is 42.5 Å². The van der Waals surface area contributed by atoms with E-state index in [2.05, 4.69) is 23.6 Å². The standard InChI is InChI=1S/C19H26N2O2/c1-3-4-14-23-19-7-5-6-17(15-19)21-13-12-20-16-8-10-18(22-2)11-9-16/h5-11,15,20-21H,3-4,12-14H2,1-2H3. The minimum Gasteiger partial charge on any atom is -0.497 e. The second-order valence-corrected chi connectivity index (χ2v) is 5.31. The highest BCUT2D eigenvalue weighted by molar-refractivity contribution is 5.49. The van der Waals surface area contributed by atoms with Gasteiger partial charge in [0.05, 0.1) is 13.7 Å². The van der Waals surface area contributed by atoms with Crippen LogP contribution in [0, 0.1) is 0 Å². The minimum absolute atomic E-state index is 0.777. The van der Waals surface area contributed by atoms with Crippen molar-refractivity contribution in [3.63, 3.8) is 0 Å². The molecule has 0 heterocycles. The highest BCUT2D eigenvalue weighted by atomic mass is 16.5. The van der Waals surface area contributed by atoms with Crippen LogP contribution >= 0.6 is 0 Å². The van der Waals surface area contributed by atoms with E-state index in [-0.39, 0.29) is 0 Å². The summed E-state index contributed by atoms with van der Waals surface area (Å²) in [5, 5.41) is 6.77. The smallest absolute Gasteiger partial charge is 0.121 e. The molecular formula is C19H26N2O2. The molecule has 0 unspecified atom stereocenters. The van der Waals surface area contributed by atoms with Gasteiger partial charge in [0.15, 0.2) is 0 Å². The van der Waals surface area contributed by atoms with E-state index in [0.717, 1.165) is 55.4 Å². The van der Waals surface area contributed by atoms with Crippen LogP contribution in [-0.2, 0) is 0 Å². The fraction of sp³-hybridized carbons (Fsp3) is 0.368. The van der Waals surface area contributed by atoms with Crippen LogP contribution in [-0.4, -0.2) is 26.8 Å². The molecule has 0 atom stereocenters. The predicted molar refractivity (Wildman–Crippen MR) is 96.8 cm³/mol. The van der Waals surface area contributed by atoms with Crippen LogP contribution in [0.25, 0.3) is 0 Å². The first-order valence-corrected chi connectivity index (χ1v) is 8.16. The van der Waals surface area contributed by atoms with Crippen molar-refractivity contribution in [3.8, 4) is 11.5 Å². The number of benzene rings is 2. The molecule has 124 valence electrons. The number of unbranched alkanes of at least 4 members (excludes halogenated alkanes) is 1. The molecular weight excluding hydrogens is 288 g/mol. The van der Waals surface area contributed by atoms with Gasteiger partial charge in [-0.05, 0) is 42.8 Å².